The second-order valence-electron chi connectivity index (χ2n) is 3.16. The van der Waals surface area contributed by atoms with E-state index in [1.54, 1.807) is 23.5 Å². The largest absolute Gasteiger partial charge is 0.245 e. The summed E-state index contributed by atoms with van der Waals surface area (Å²) in [5, 5.41) is 2.23. The van der Waals surface area contributed by atoms with Gasteiger partial charge in [-0.3, -0.25) is 0 Å². The zero-order valence-electron chi connectivity index (χ0n) is 8.71. The van der Waals surface area contributed by atoms with Gasteiger partial charge in [0, 0.05) is 22.5 Å². The molecule has 0 saturated carbocycles. The van der Waals surface area contributed by atoms with Crippen molar-refractivity contribution in [1.82, 2.24) is 0 Å². The maximum absolute atomic E-state index is 4.55. The Labute approximate surface area is 92.7 Å². The lowest BCUT2D eigenvalue weighted by Crippen LogP contribution is -1.98. The first kappa shape index (κ1) is 10.1. The number of thioether (sulfide) groups is 2. The van der Waals surface area contributed by atoms with Crippen LogP contribution in [0.1, 0.15) is 13.8 Å². The van der Waals surface area contributed by atoms with Gasteiger partial charge in [-0.25, -0.2) is 9.98 Å². The number of fused-ring (bicyclic) bond motifs is 1. The van der Waals surface area contributed by atoms with Crippen molar-refractivity contribution in [2.75, 3.05) is 12.5 Å². The third-order valence-electron chi connectivity index (χ3n) is 2.33. The molecule has 2 heterocycles. The van der Waals surface area contributed by atoms with E-state index in [0.29, 0.717) is 0 Å². The first-order chi connectivity index (χ1) is 6.69. The molecule has 0 aliphatic carbocycles. The van der Waals surface area contributed by atoms with Gasteiger partial charge < -0.3 is 0 Å². The van der Waals surface area contributed by atoms with Crippen LogP contribution in [0, 0.1) is 0 Å². The summed E-state index contributed by atoms with van der Waals surface area (Å²) in [4.78, 5) is 9.09. The van der Waals surface area contributed by atoms with Gasteiger partial charge in [-0.15, -0.1) is 23.5 Å². The Balaban J connectivity index is 2.51. The summed E-state index contributed by atoms with van der Waals surface area (Å²) >= 11 is 3.39. The third-order valence-corrected chi connectivity index (χ3v) is 3.69. The van der Waals surface area contributed by atoms with Crippen molar-refractivity contribution in [3.05, 3.63) is 22.5 Å². The molecule has 0 spiro atoms. The summed E-state index contributed by atoms with van der Waals surface area (Å²) in [7, 11) is 0. The lowest BCUT2D eigenvalue weighted by molar-refractivity contribution is 1.33. The number of hydrogen-bond acceptors (Lipinski definition) is 4. The second kappa shape index (κ2) is 3.59. The molecule has 0 aromatic rings. The van der Waals surface area contributed by atoms with Gasteiger partial charge in [0.2, 0.25) is 0 Å². The smallest absolute Gasteiger partial charge is 0.106 e. The van der Waals surface area contributed by atoms with Gasteiger partial charge in [0.05, 0.1) is 0 Å². The average Bonchev–Trinajstić information content (AvgIpc) is 2.67. The van der Waals surface area contributed by atoms with Crippen LogP contribution >= 0.6 is 23.5 Å². The summed E-state index contributed by atoms with van der Waals surface area (Å²) in [6.45, 7) is 4.12. The van der Waals surface area contributed by atoms with Crippen molar-refractivity contribution in [2.45, 2.75) is 13.8 Å². The van der Waals surface area contributed by atoms with Gasteiger partial charge >= 0.3 is 0 Å². The van der Waals surface area contributed by atoms with Gasteiger partial charge in [0.1, 0.15) is 10.1 Å². The van der Waals surface area contributed by atoms with Crippen molar-refractivity contribution in [3.63, 3.8) is 0 Å². The van der Waals surface area contributed by atoms with E-state index in [1.807, 2.05) is 0 Å². The molecule has 0 aromatic carbocycles. The number of nitrogens with zero attached hydrogens (tertiary/aromatic N) is 2. The van der Waals surface area contributed by atoms with Gasteiger partial charge in [-0.2, -0.15) is 0 Å². The summed E-state index contributed by atoms with van der Waals surface area (Å²) in [6.07, 6.45) is 4.12. The highest BCUT2D eigenvalue weighted by molar-refractivity contribution is 8.14. The predicted octanol–water partition coefficient (Wildman–Crippen LogP) is 3.08. The molecular formula is C10H12N2S2. The second-order valence-corrected chi connectivity index (χ2v) is 4.75. The average molecular weight is 224 g/mol. The highest BCUT2D eigenvalue weighted by Gasteiger charge is 2.30. The molecule has 0 aromatic heterocycles. The van der Waals surface area contributed by atoms with E-state index in [4.69, 9.17) is 0 Å². The minimum Gasteiger partial charge on any atom is -0.245 e. The van der Waals surface area contributed by atoms with Crippen molar-refractivity contribution in [2.24, 2.45) is 9.98 Å². The number of aliphatic imine (C=N–C) groups is 2. The Morgan fingerprint density at radius 1 is 0.786 bits per heavy atom. The highest BCUT2D eigenvalue weighted by Crippen LogP contribution is 2.39. The summed E-state index contributed by atoms with van der Waals surface area (Å²) in [6, 6.07) is 0. The van der Waals surface area contributed by atoms with Gasteiger partial charge in [0.25, 0.3) is 0 Å². The van der Waals surface area contributed by atoms with E-state index in [9.17, 15) is 0 Å². The van der Waals surface area contributed by atoms with E-state index < -0.39 is 0 Å². The monoisotopic (exact) mass is 224 g/mol. The topological polar surface area (TPSA) is 24.7 Å². The van der Waals surface area contributed by atoms with Crippen molar-refractivity contribution in [1.29, 1.82) is 0 Å². The molecule has 0 N–H and O–H groups in total. The zero-order valence-corrected chi connectivity index (χ0v) is 10.3. The molecule has 0 fully saturated rings. The molecule has 2 nitrogen and oxygen atoms in total. The number of allylic oxidation sites excluding steroid dienone is 2. The van der Waals surface area contributed by atoms with Crippen LogP contribution in [0.5, 0.6) is 0 Å². The minimum absolute atomic E-state index is 1.11. The molecule has 2 aliphatic rings. The van der Waals surface area contributed by atoms with Crippen molar-refractivity contribution >= 4 is 33.6 Å². The normalized spacial score (nSPS) is 20.3. The molecular weight excluding hydrogens is 212 g/mol. The fraction of sp³-hybridized carbons (Fsp3) is 0.400. The maximum atomic E-state index is 4.55. The minimum atomic E-state index is 1.11. The zero-order chi connectivity index (χ0) is 10.3. The van der Waals surface area contributed by atoms with Crippen LogP contribution in [0.15, 0.2) is 32.5 Å². The molecule has 2 rings (SSSR count). The molecule has 0 radical (unpaired) electrons. The van der Waals surface area contributed by atoms with E-state index in [-0.39, 0.29) is 0 Å². The maximum Gasteiger partial charge on any atom is 0.106 e. The van der Waals surface area contributed by atoms with Crippen LogP contribution < -0.4 is 0 Å². The molecule has 4 heteroatoms. The van der Waals surface area contributed by atoms with Crippen LogP contribution in [0.3, 0.4) is 0 Å². The van der Waals surface area contributed by atoms with Crippen LogP contribution in [-0.2, 0) is 0 Å². The molecule has 0 amide bonds. The summed E-state index contributed by atoms with van der Waals surface area (Å²) in [5.74, 6) is 0. The third kappa shape index (κ3) is 1.28. The van der Waals surface area contributed by atoms with E-state index in [1.165, 1.54) is 11.1 Å². The van der Waals surface area contributed by atoms with Crippen LogP contribution in [0.4, 0.5) is 0 Å². The van der Waals surface area contributed by atoms with E-state index in [2.05, 4.69) is 36.3 Å². The van der Waals surface area contributed by atoms with Gasteiger partial charge in [0.15, 0.2) is 0 Å². The predicted molar refractivity (Wildman–Crippen MR) is 67.3 cm³/mol. The molecule has 74 valence electrons. The van der Waals surface area contributed by atoms with Crippen molar-refractivity contribution in [3.8, 4) is 0 Å². The van der Waals surface area contributed by atoms with E-state index >= 15 is 0 Å². The SMILES string of the molecule is CSC1=NC(C)=C2C(SC)=NC(C)=C12. The molecule has 0 atom stereocenters. The molecule has 2 aliphatic heterocycles. The van der Waals surface area contributed by atoms with Crippen LogP contribution in [0.2, 0.25) is 0 Å². The first-order valence-corrected chi connectivity index (χ1v) is 6.82. The summed E-state index contributed by atoms with van der Waals surface area (Å²) in [5.41, 5.74) is 4.71. The Hall–Kier alpha value is -0.480. The first-order valence-electron chi connectivity index (χ1n) is 4.37. The number of rotatable bonds is 0. The lowest BCUT2D eigenvalue weighted by Gasteiger charge is -2.00. The Kier molecular flexibility index (Phi) is 2.58. The lowest BCUT2D eigenvalue weighted by atomic mass is 10.1. The van der Waals surface area contributed by atoms with Crippen molar-refractivity contribution < 1.29 is 0 Å². The van der Waals surface area contributed by atoms with Gasteiger partial charge in [-0.05, 0) is 26.4 Å². The quantitative estimate of drug-likeness (QED) is 0.631. The Bertz CT molecular complexity index is 374. The Morgan fingerprint density at radius 2 is 1.14 bits per heavy atom. The molecule has 0 unspecified atom stereocenters. The Morgan fingerprint density at radius 3 is 1.43 bits per heavy atom. The molecule has 0 saturated heterocycles. The standard InChI is InChI=1S/C10H12N2S2/c1-5-7-8(10(11-5)14-4)6(2)12-9(7)13-3/h1-4H3. The summed E-state index contributed by atoms with van der Waals surface area (Å²) < 4.78 is 0. The fourth-order valence-corrected chi connectivity index (χ4v) is 3.07. The highest BCUT2D eigenvalue weighted by atomic mass is 32.2. The fourth-order valence-electron chi connectivity index (χ4n) is 1.71. The van der Waals surface area contributed by atoms with E-state index in [0.717, 1.165) is 21.5 Å². The molecule has 14 heavy (non-hydrogen) atoms. The molecule has 0 bridgehead atoms. The van der Waals surface area contributed by atoms with Gasteiger partial charge in [-0.1, -0.05) is 0 Å². The number of hydrogen-bond donors (Lipinski definition) is 0. The van der Waals surface area contributed by atoms with Crippen LogP contribution in [-0.4, -0.2) is 22.6 Å². The van der Waals surface area contributed by atoms with Crippen LogP contribution in [0.25, 0.3) is 0 Å².